The number of anilines is 3. The number of nitrogens with zero attached hydrogens (tertiary/aromatic N) is 6. The molecular weight excluding hydrogens is 470 g/mol. The predicted molar refractivity (Wildman–Crippen MR) is 132 cm³/mol. The third-order valence-electron chi connectivity index (χ3n) is 6.36. The maximum absolute atomic E-state index is 12.0. The number of hydrogen-bond acceptors (Lipinski definition) is 9. The molecule has 35 heavy (non-hydrogen) atoms. The first-order chi connectivity index (χ1) is 16.8. The van der Waals surface area contributed by atoms with Crippen molar-refractivity contribution < 1.29 is 18.3 Å². The highest BCUT2D eigenvalue weighted by Gasteiger charge is 2.48. The zero-order valence-electron chi connectivity index (χ0n) is 19.8. The number of aromatic nitrogens is 4. The Hall–Kier alpha value is -3.38. The lowest BCUT2D eigenvalue weighted by Crippen LogP contribution is -2.51. The Morgan fingerprint density at radius 3 is 2.60 bits per heavy atom. The van der Waals surface area contributed by atoms with Crippen LogP contribution in [0.3, 0.4) is 0 Å². The minimum absolute atomic E-state index is 0.0248. The van der Waals surface area contributed by atoms with Crippen molar-refractivity contribution in [1.29, 1.82) is 0 Å². The molecule has 3 aromatic heterocycles. The number of carbonyl (C=O) groups excluding carboxylic acids is 1. The van der Waals surface area contributed by atoms with E-state index < -0.39 is 22.6 Å². The molecule has 0 aromatic carbocycles. The molecule has 12 heteroatoms. The zero-order chi connectivity index (χ0) is 24.7. The molecule has 0 saturated heterocycles. The topological polar surface area (TPSA) is 135 Å². The smallest absolute Gasteiger partial charge is 0.309 e. The molecule has 2 aliphatic rings. The van der Waals surface area contributed by atoms with E-state index in [0.717, 1.165) is 43.3 Å². The van der Waals surface area contributed by atoms with E-state index in [-0.39, 0.29) is 11.1 Å². The van der Waals surface area contributed by atoms with Gasteiger partial charge in [0.2, 0.25) is 22.9 Å². The second-order valence-electron chi connectivity index (χ2n) is 9.10. The van der Waals surface area contributed by atoms with E-state index in [1.165, 1.54) is 19.2 Å². The minimum atomic E-state index is -2.15. The van der Waals surface area contributed by atoms with E-state index in [2.05, 4.69) is 19.9 Å². The summed E-state index contributed by atoms with van der Waals surface area (Å²) in [7, 11) is 0. The first-order valence-corrected chi connectivity index (χ1v) is 12.7. The lowest BCUT2D eigenvalue weighted by atomic mass is 9.80. The summed E-state index contributed by atoms with van der Waals surface area (Å²) in [5.74, 6) is 1.26. The van der Waals surface area contributed by atoms with Gasteiger partial charge in [0, 0.05) is 24.5 Å². The fraction of sp³-hybridized carbons (Fsp3) is 0.435. The highest BCUT2D eigenvalue weighted by Crippen LogP contribution is 2.46. The van der Waals surface area contributed by atoms with Crippen LogP contribution in [0.5, 0.6) is 0 Å². The maximum Gasteiger partial charge on any atom is 0.309 e. The van der Waals surface area contributed by atoms with Crippen LogP contribution in [0.1, 0.15) is 52.9 Å². The Bertz CT molecular complexity index is 1330. The standard InChI is InChI=1S/C23H27N7O4S/c1-14(2)30-19-11-16-12-25-22(26-17-7-8-18(24-13-17)35(32)33)27-20(16)29(19)23(9-5-4-6-10-23)21(28-30)34-15(3)31/h7-8,11-14H,4-6,9-10H2,1-3H3,(H,32,33)(H,25,26,27). The molecule has 184 valence electrons. The first kappa shape index (κ1) is 23.4. The molecule has 1 aliphatic heterocycles. The van der Waals surface area contributed by atoms with Gasteiger partial charge in [-0.2, -0.15) is 4.98 Å². The lowest BCUT2D eigenvalue weighted by molar-refractivity contribution is -0.133. The molecule has 1 fully saturated rings. The quantitative estimate of drug-likeness (QED) is 0.406. The number of nitrogens with one attached hydrogen (secondary N) is 1. The Labute approximate surface area is 204 Å². The molecule has 1 saturated carbocycles. The number of pyridine rings is 1. The second-order valence-corrected chi connectivity index (χ2v) is 10.0. The van der Waals surface area contributed by atoms with Crippen LogP contribution in [0.15, 0.2) is 40.7 Å². The zero-order valence-corrected chi connectivity index (χ0v) is 20.6. The number of fused-ring (bicyclic) bond motifs is 4. The van der Waals surface area contributed by atoms with E-state index >= 15 is 0 Å². The Balaban J connectivity index is 1.63. The van der Waals surface area contributed by atoms with Crippen molar-refractivity contribution in [2.75, 3.05) is 10.3 Å². The summed E-state index contributed by atoms with van der Waals surface area (Å²) in [5.41, 5.74) is 0.694. The highest BCUT2D eigenvalue weighted by molar-refractivity contribution is 7.79. The number of ether oxygens (including phenoxy) is 1. The van der Waals surface area contributed by atoms with Gasteiger partial charge in [0.1, 0.15) is 17.0 Å². The summed E-state index contributed by atoms with van der Waals surface area (Å²) in [5, 5.41) is 10.7. The molecule has 0 amide bonds. The van der Waals surface area contributed by atoms with Crippen molar-refractivity contribution in [2.45, 2.75) is 69.5 Å². The average molecular weight is 498 g/mol. The molecule has 0 bridgehead atoms. The van der Waals surface area contributed by atoms with Crippen molar-refractivity contribution in [2.24, 2.45) is 5.10 Å². The summed E-state index contributed by atoms with van der Waals surface area (Å²) in [6.07, 6.45) is 7.88. The van der Waals surface area contributed by atoms with E-state index in [4.69, 9.17) is 14.8 Å². The normalized spacial score (nSPS) is 17.9. The van der Waals surface area contributed by atoms with Crippen LogP contribution in [-0.4, -0.2) is 46.2 Å². The van der Waals surface area contributed by atoms with Crippen molar-refractivity contribution in [3.63, 3.8) is 0 Å². The SMILES string of the molecule is CC(=O)OC1=NN(C(C)C)c2cc3cnc(Nc4ccc(S(=O)O)nc4)nc3n2C12CCCCC2. The van der Waals surface area contributed by atoms with Gasteiger partial charge in [0.25, 0.3) is 0 Å². The van der Waals surface area contributed by atoms with E-state index in [9.17, 15) is 13.6 Å². The molecule has 5 rings (SSSR count). The van der Waals surface area contributed by atoms with Gasteiger partial charge in [-0.1, -0.05) is 19.3 Å². The summed E-state index contributed by atoms with van der Waals surface area (Å²) in [4.78, 5) is 25.3. The van der Waals surface area contributed by atoms with Gasteiger partial charge in [-0.15, -0.1) is 5.10 Å². The van der Waals surface area contributed by atoms with Crippen LogP contribution >= 0.6 is 0 Å². The van der Waals surface area contributed by atoms with Crippen LogP contribution in [-0.2, 0) is 26.2 Å². The van der Waals surface area contributed by atoms with Crippen molar-refractivity contribution in [1.82, 2.24) is 19.5 Å². The molecule has 1 atom stereocenters. The fourth-order valence-corrected chi connectivity index (χ4v) is 5.18. The third-order valence-corrected chi connectivity index (χ3v) is 6.96. The highest BCUT2D eigenvalue weighted by atomic mass is 32.2. The molecule has 3 aromatic rings. The van der Waals surface area contributed by atoms with E-state index in [1.54, 1.807) is 12.3 Å². The van der Waals surface area contributed by atoms with Crippen LogP contribution in [0, 0.1) is 0 Å². The maximum atomic E-state index is 12.0. The van der Waals surface area contributed by atoms with Crippen LogP contribution in [0.4, 0.5) is 17.5 Å². The largest absolute Gasteiger partial charge is 0.407 e. The summed E-state index contributed by atoms with van der Waals surface area (Å²) >= 11 is -2.15. The number of hydrazone groups is 1. The van der Waals surface area contributed by atoms with Gasteiger partial charge in [0.05, 0.1) is 11.9 Å². The Morgan fingerprint density at radius 1 is 1.20 bits per heavy atom. The summed E-state index contributed by atoms with van der Waals surface area (Å²) in [6, 6.07) is 5.16. The van der Waals surface area contributed by atoms with Crippen LogP contribution in [0.2, 0.25) is 0 Å². The second kappa shape index (κ2) is 9.00. The van der Waals surface area contributed by atoms with Crippen LogP contribution in [0.25, 0.3) is 11.0 Å². The van der Waals surface area contributed by atoms with Crippen molar-refractivity contribution in [3.8, 4) is 0 Å². The molecule has 4 heterocycles. The molecule has 1 spiro atoms. The van der Waals surface area contributed by atoms with Gasteiger partial charge in [-0.3, -0.25) is 9.36 Å². The van der Waals surface area contributed by atoms with E-state index in [1.807, 2.05) is 24.9 Å². The third kappa shape index (κ3) is 4.16. The summed E-state index contributed by atoms with van der Waals surface area (Å²) < 4.78 is 28.3. The fourth-order valence-electron chi connectivity index (χ4n) is 4.86. The van der Waals surface area contributed by atoms with E-state index in [0.29, 0.717) is 23.2 Å². The summed E-state index contributed by atoms with van der Waals surface area (Å²) in [6.45, 7) is 5.47. The van der Waals surface area contributed by atoms with Crippen LogP contribution < -0.4 is 10.3 Å². The lowest BCUT2D eigenvalue weighted by Gasteiger charge is -2.44. The predicted octanol–water partition coefficient (Wildman–Crippen LogP) is 3.91. The Kier molecular flexibility index (Phi) is 6.01. The van der Waals surface area contributed by atoms with Crippen molar-refractivity contribution in [3.05, 3.63) is 30.6 Å². The number of carbonyl (C=O) groups is 1. The molecular formula is C23H27N7O4S. The van der Waals surface area contributed by atoms with Gasteiger partial charge >= 0.3 is 5.97 Å². The molecule has 2 N–H and O–H groups in total. The van der Waals surface area contributed by atoms with Gasteiger partial charge in [-0.25, -0.2) is 19.2 Å². The van der Waals surface area contributed by atoms with Gasteiger partial charge in [-0.05, 0) is 44.9 Å². The molecule has 1 unspecified atom stereocenters. The Morgan fingerprint density at radius 2 is 1.97 bits per heavy atom. The first-order valence-electron chi connectivity index (χ1n) is 11.6. The number of hydrogen-bond donors (Lipinski definition) is 2. The minimum Gasteiger partial charge on any atom is -0.407 e. The molecule has 0 radical (unpaired) electrons. The molecule has 11 nitrogen and oxygen atoms in total. The van der Waals surface area contributed by atoms with Gasteiger partial charge in [0.15, 0.2) is 5.03 Å². The number of rotatable bonds is 4. The monoisotopic (exact) mass is 497 g/mol. The van der Waals surface area contributed by atoms with Gasteiger partial charge < -0.3 is 14.6 Å². The molecule has 1 aliphatic carbocycles. The number of esters is 1. The average Bonchev–Trinajstić information content (AvgIpc) is 3.21. The van der Waals surface area contributed by atoms with Crippen molar-refractivity contribution >= 4 is 51.4 Å².